The molecule has 5 heteroatoms. The van der Waals surface area contributed by atoms with E-state index in [2.05, 4.69) is 40.8 Å². The van der Waals surface area contributed by atoms with Crippen molar-refractivity contribution in [1.29, 1.82) is 0 Å². The normalized spacial score (nSPS) is 10.4. The van der Waals surface area contributed by atoms with Crippen molar-refractivity contribution in [3.05, 3.63) is 0 Å². The number of nitrogens with two attached hydrogens (primary N) is 1. The molecule has 0 heterocycles. The van der Waals surface area contributed by atoms with Gasteiger partial charge in [0.1, 0.15) is 0 Å². The molecule has 0 aliphatic rings. The highest BCUT2D eigenvalue weighted by atomic mass is 16.6. The summed E-state index contributed by atoms with van der Waals surface area (Å²) in [5.74, 6) is 16.4. The Balaban J connectivity index is 3.40. The number of nitrogens with one attached hydrogen (secondary N) is 1. The molecule has 1 unspecified atom stereocenters. The molecule has 0 aromatic rings. The fraction of sp³-hybridized carbons (Fsp3) is 0.643. The molecule has 33 heavy (non-hydrogen) atoms. The fourth-order valence-electron chi connectivity index (χ4n) is 3.08. The van der Waals surface area contributed by atoms with Crippen LogP contribution < -0.4 is 11.1 Å². The summed E-state index contributed by atoms with van der Waals surface area (Å²) in [5.41, 5.74) is 5.35. The van der Waals surface area contributed by atoms with Crippen LogP contribution >= 0.6 is 0 Å². The minimum absolute atomic E-state index is 0.0452. The maximum atomic E-state index is 11.4. The molecule has 0 saturated heterocycles. The van der Waals surface area contributed by atoms with Gasteiger partial charge in [-0.05, 0) is 43.4 Å². The van der Waals surface area contributed by atoms with Crippen molar-refractivity contribution in [1.82, 2.24) is 5.32 Å². The van der Waals surface area contributed by atoms with Crippen LogP contribution in [0.4, 0.5) is 0 Å². The molecule has 1 amide bonds. The SMILES string of the molecule is C#CCNC(=O)CCCCCCCCC#CC#CCCCCCCCCC(=O)OC(N)C#C. The number of carbonyl (C=O) groups excluding carboxylic acids is 2. The van der Waals surface area contributed by atoms with Crippen LogP contribution in [0.5, 0.6) is 0 Å². The average Bonchev–Trinajstić information content (AvgIpc) is 2.81. The Morgan fingerprint density at radius 1 is 0.758 bits per heavy atom. The van der Waals surface area contributed by atoms with Gasteiger partial charge in [-0.2, -0.15) is 0 Å². The molecule has 0 radical (unpaired) electrons. The van der Waals surface area contributed by atoms with Crippen molar-refractivity contribution in [3.63, 3.8) is 0 Å². The van der Waals surface area contributed by atoms with E-state index in [0.717, 1.165) is 77.0 Å². The molecule has 0 aromatic heterocycles. The van der Waals surface area contributed by atoms with Gasteiger partial charge >= 0.3 is 5.97 Å². The van der Waals surface area contributed by atoms with Gasteiger partial charge in [0.25, 0.3) is 0 Å². The van der Waals surface area contributed by atoms with Gasteiger partial charge in [0.15, 0.2) is 0 Å². The van der Waals surface area contributed by atoms with Crippen molar-refractivity contribution in [2.45, 2.75) is 109 Å². The van der Waals surface area contributed by atoms with E-state index < -0.39 is 6.23 Å². The van der Waals surface area contributed by atoms with E-state index in [-0.39, 0.29) is 11.9 Å². The Labute approximate surface area is 201 Å². The van der Waals surface area contributed by atoms with Crippen molar-refractivity contribution >= 4 is 11.9 Å². The summed E-state index contributed by atoms with van der Waals surface area (Å²) in [6.07, 6.45) is 24.8. The zero-order valence-corrected chi connectivity index (χ0v) is 20.1. The zero-order chi connectivity index (χ0) is 24.4. The number of esters is 1. The predicted molar refractivity (Wildman–Crippen MR) is 134 cm³/mol. The molecule has 3 N–H and O–H groups in total. The van der Waals surface area contributed by atoms with Crippen LogP contribution in [-0.2, 0) is 14.3 Å². The summed E-state index contributed by atoms with van der Waals surface area (Å²) in [6.45, 7) is 0.318. The first-order valence-electron chi connectivity index (χ1n) is 12.2. The molecule has 0 spiro atoms. The quantitative estimate of drug-likeness (QED) is 0.139. The first-order valence-corrected chi connectivity index (χ1v) is 12.2. The monoisotopic (exact) mass is 452 g/mol. The smallest absolute Gasteiger partial charge is 0.308 e. The summed E-state index contributed by atoms with van der Waals surface area (Å²) in [6, 6.07) is 0. The van der Waals surface area contributed by atoms with E-state index in [1.165, 1.54) is 12.8 Å². The molecule has 0 aromatic carbocycles. The Hall–Kier alpha value is -2.86. The van der Waals surface area contributed by atoms with Crippen molar-refractivity contribution in [3.8, 4) is 48.4 Å². The first kappa shape index (κ1) is 30.1. The highest BCUT2D eigenvalue weighted by molar-refractivity contribution is 5.76. The Bertz CT molecular complexity index is 738. The third kappa shape index (κ3) is 23.6. The van der Waals surface area contributed by atoms with Gasteiger partial charge in [0, 0.05) is 25.7 Å². The van der Waals surface area contributed by atoms with Gasteiger partial charge in [-0.25, -0.2) is 0 Å². The molecular weight excluding hydrogens is 412 g/mol. The third-order valence-electron chi connectivity index (χ3n) is 4.94. The van der Waals surface area contributed by atoms with Crippen LogP contribution in [0.1, 0.15) is 103 Å². The van der Waals surface area contributed by atoms with Crippen LogP contribution in [-0.4, -0.2) is 24.6 Å². The fourth-order valence-corrected chi connectivity index (χ4v) is 3.08. The molecule has 0 rings (SSSR count). The number of terminal acetylenes is 2. The van der Waals surface area contributed by atoms with Gasteiger partial charge < -0.3 is 10.1 Å². The Morgan fingerprint density at radius 2 is 1.24 bits per heavy atom. The number of carbonyl (C=O) groups is 2. The van der Waals surface area contributed by atoms with Gasteiger partial charge in [-0.1, -0.05) is 69.1 Å². The lowest BCUT2D eigenvalue weighted by Crippen LogP contribution is -2.24. The minimum atomic E-state index is -0.934. The standard InChI is InChI=1S/C28H40N2O3/c1-3-25-30-27(31)23-21-19-17-15-13-11-9-7-5-6-8-10-12-14-16-18-20-22-24-28(32)33-26(29)4-2/h1-2,26H,9-25,29H2,(H,30,31). The number of hydrogen-bond acceptors (Lipinski definition) is 4. The van der Waals surface area contributed by atoms with Crippen molar-refractivity contribution in [2.24, 2.45) is 5.73 Å². The lowest BCUT2D eigenvalue weighted by Gasteiger charge is -2.06. The first-order chi connectivity index (χ1) is 16.1. The van der Waals surface area contributed by atoms with E-state index in [9.17, 15) is 9.59 Å². The number of amides is 1. The predicted octanol–water partition coefficient (Wildman–Crippen LogP) is 4.45. The number of hydrogen-bond donors (Lipinski definition) is 2. The van der Waals surface area contributed by atoms with E-state index in [0.29, 0.717) is 19.4 Å². The van der Waals surface area contributed by atoms with E-state index in [1.807, 2.05) is 0 Å². The topological polar surface area (TPSA) is 81.4 Å². The Kier molecular flexibility index (Phi) is 21.7. The number of rotatable bonds is 18. The summed E-state index contributed by atoms with van der Waals surface area (Å²) in [7, 11) is 0. The van der Waals surface area contributed by atoms with E-state index >= 15 is 0 Å². The van der Waals surface area contributed by atoms with Crippen molar-refractivity contribution in [2.75, 3.05) is 6.54 Å². The van der Waals surface area contributed by atoms with E-state index in [4.69, 9.17) is 23.3 Å². The van der Waals surface area contributed by atoms with Crippen LogP contribution in [0.15, 0.2) is 0 Å². The molecule has 0 bridgehead atoms. The minimum Gasteiger partial charge on any atom is -0.435 e. The van der Waals surface area contributed by atoms with Gasteiger partial charge in [-0.15, -0.1) is 12.8 Å². The van der Waals surface area contributed by atoms with Crippen LogP contribution in [0, 0.1) is 48.4 Å². The number of unbranched alkanes of at least 4 members (excludes halogenated alkanes) is 12. The Morgan fingerprint density at radius 3 is 1.76 bits per heavy atom. The molecule has 0 fully saturated rings. The molecule has 1 atom stereocenters. The molecule has 180 valence electrons. The maximum Gasteiger partial charge on any atom is 0.308 e. The van der Waals surface area contributed by atoms with Crippen molar-refractivity contribution < 1.29 is 14.3 Å². The number of ether oxygens (including phenoxy) is 1. The second kappa shape index (κ2) is 23.8. The van der Waals surface area contributed by atoms with Crippen LogP contribution in [0.25, 0.3) is 0 Å². The van der Waals surface area contributed by atoms with Gasteiger partial charge in [0.2, 0.25) is 12.1 Å². The van der Waals surface area contributed by atoms with Crippen LogP contribution in [0.2, 0.25) is 0 Å². The second-order valence-electron chi connectivity index (χ2n) is 7.90. The molecule has 0 aliphatic carbocycles. The summed E-state index contributed by atoms with van der Waals surface area (Å²) < 4.78 is 4.81. The highest BCUT2D eigenvalue weighted by Gasteiger charge is 2.06. The van der Waals surface area contributed by atoms with Gasteiger partial charge in [-0.3, -0.25) is 15.3 Å². The van der Waals surface area contributed by atoms with E-state index in [1.54, 1.807) is 0 Å². The lowest BCUT2D eigenvalue weighted by molar-refractivity contribution is -0.146. The summed E-state index contributed by atoms with van der Waals surface area (Å²) >= 11 is 0. The summed E-state index contributed by atoms with van der Waals surface area (Å²) in [4.78, 5) is 22.8. The lowest BCUT2D eigenvalue weighted by atomic mass is 10.1. The molecule has 0 aliphatic heterocycles. The second-order valence-corrected chi connectivity index (χ2v) is 7.90. The molecule has 5 nitrogen and oxygen atoms in total. The highest BCUT2D eigenvalue weighted by Crippen LogP contribution is 2.09. The zero-order valence-electron chi connectivity index (χ0n) is 20.1. The van der Waals surface area contributed by atoms with Gasteiger partial charge in [0.05, 0.1) is 6.54 Å². The summed E-state index contributed by atoms with van der Waals surface area (Å²) in [5, 5.41) is 2.68. The maximum absolute atomic E-state index is 11.4. The van der Waals surface area contributed by atoms with Crippen LogP contribution in [0.3, 0.4) is 0 Å². The largest absolute Gasteiger partial charge is 0.435 e. The molecular formula is C28H40N2O3. The third-order valence-corrected chi connectivity index (χ3v) is 4.94. The molecule has 0 saturated carbocycles. The average molecular weight is 453 g/mol.